The Hall–Kier alpha value is -2.56. The number of methoxy groups -OCH3 is 1. The number of nitrogens with zero attached hydrogens (tertiary/aromatic N) is 3. The van der Waals surface area contributed by atoms with Crippen LogP contribution in [0.4, 0.5) is 0 Å². The number of hydrogen-bond donors (Lipinski definition) is 1. The quantitative estimate of drug-likeness (QED) is 0.672. The number of rotatable bonds is 5. The van der Waals surface area contributed by atoms with Crippen LogP contribution >= 0.6 is 0 Å². The minimum atomic E-state index is 0.548. The maximum Gasteiger partial charge on any atom is 0.213 e. The van der Waals surface area contributed by atoms with Gasteiger partial charge in [0.1, 0.15) is 0 Å². The normalized spacial score (nSPS) is 17.6. The van der Waals surface area contributed by atoms with Gasteiger partial charge in [-0.05, 0) is 25.0 Å². The summed E-state index contributed by atoms with van der Waals surface area (Å²) in [6, 6.07) is 16.5. The van der Waals surface area contributed by atoms with Gasteiger partial charge in [-0.25, -0.2) is 9.98 Å². The molecule has 1 aliphatic rings. The number of benzene rings is 1. The van der Waals surface area contributed by atoms with Gasteiger partial charge in [-0.3, -0.25) is 0 Å². The first-order chi connectivity index (χ1) is 12.3. The van der Waals surface area contributed by atoms with Crippen molar-refractivity contribution >= 4 is 5.96 Å². The fraction of sp³-hybridized carbons (Fsp3) is 0.400. The summed E-state index contributed by atoms with van der Waals surface area (Å²) >= 11 is 0. The van der Waals surface area contributed by atoms with Crippen LogP contribution in [-0.4, -0.2) is 42.6 Å². The molecule has 1 fully saturated rings. The van der Waals surface area contributed by atoms with Crippen molar-refractivity contribution in [3.05, 3.63) is 59.8 Å². The second-order valence-corrected chi connectivity index (χ2v) is 6.18. The third-order valence-corrected chi connectivity index (χ3v) is 4.47. The molecular weight excluding hydrogens is 312 g/mol. The van der Waals surface area contributed by atoms with E-state index < -0.39 is 0 Å². The molecule has 2 heterocycles. The monoisotopic (exact) mass is 338 g/mol. The molecule has 1 aromatic heterocycles. The van der Waals surface area contributed by atoms with E-state index in [1.165, 1.54) is 5.56 Å². The Morgan fingerprint density at radius 2 is 2.08 bits per heavy atom. The van der Waals surface area contributed by atoms with Crippen LogP contribution in [0.2, 0.25) is 0 Å². The van der Waals surface area contributed by atoms with Crippen LogP contribution in [0, 0.1) is 0 Å². The highest BCUT2D eigenvalue weighted by molar-refractivity contribution is 5.80. The molecule has 1 aromatic carbocycles. The summed E-state index contributed by atoms with van der Waals surface area (Å²) in [6.07, 6.45) is 1.16. The summed E-state index contributed by atoms with van der Waals surface area (Å²) in [5.74, 6) is 2.16. The Morgan fingerprint density at radius 3 is 2.84 bits per heavy atom. The largest absolute Gasteiger partial charge is 0.481 e. The lowest BCUT2D eigenvalue weighted by Crippen LogP contribution is -2.40. The molecule has 0 bridgehead atoms. The molecule has 132 valence electrons. The smallest absolute Gasteiger partial charge is 0.213 e. The number of guanidine groups is 1. The van der Waals surface area contributed by atoms with E-state index in [0.717, 1.165) is 37.7 Å². The topological polar surface area (TPSA) is 49.8 Å². The number of pyridine rings is 1. The molecule has 3 rings (SSSR count). The Balaban J connectivity index is 1.68. The summed E-state index contributed by atoms with van der Waals surface area (Å²) in [5.41, 5.74) is 2.32. The summed E-state index contributed by atoms with van der Waals surface area (Å²) in [7, 11) is 1.63. The molecule has 0 aliphatic carbocycles. The molecule has 2 aromatic rings. The van der Waals surface area contributed by atoms with Gasteiger partial charge in [0, 0.05) is 31.6 Å². The van der Waals surface area contributed by atoms with Gasteiger partial charge in [-0.1, -0.05) is 36.4 Å². The van der Waals surface area contributed by atoms with Crippen molar-refractivity contribution in [1.29, 1.82) is 0 Å². The van der Waals surface area contributed by atoms with Crippen molar-refractivity contribution in [2.75, 3.05) is 26.7 Å². The van der Waals surface area contributed by atoms with Crippen LogP contribution in [-0.2, 0) is 6.54 Å². The zero-order valence-corrected chi connectivity index (χ0v) is 15.0. The zero-order chi connectivity index (χ0) is 17.5. The second-order valence-electron chi connectivity index (χ2n) is 6.18. The number of hydrogen-bond acceptors (Lipinski definition) is 3. The number of aromatic nitrogens is 1. The Bertz CT molecular complexity index is 702. The van der Waals surface area contributed by atoms with E-state index in [1.54, 1.807) is 7.11 Å². The lowest BCUT2D eigenvalue weighted by Gasteiger charge is -2.21. The van der Waals surface area contributed by atoms with Gasteiger partial charge in [-0.2, -0.15) is 0 Å². The molecule has 1 N–H and O–H groups in total. The van der Waals surface area contributed by atoms with Gasteiger partial charge in [0.05, 0.1) is 19.3 Å². The molecule has 0 radical (unpaired) electrons. The third-order valence-electron chi connectivity index (χ3n) is 4.47. The average molecular weight is 338 g/mol. The summed E-state index contributed by atoms with van der Waals surface area (Å²) in [6.45, 7) is 5.53. The van der Waals surface area contributed by atoms with Crippen LogP contribution in [0.25, 0.3) is 0 Å². The minimum absolute atomic E-state index is 0.548. The third kappa shape index (κ3) is 4.50. The lowest BCUT2D eigenvalue weighted by atomic mass is 9.99. The fourth-order valence-electron chi connectivity index (χ4n) is 3.19. The van der Waals surface area contributed by atoms with E-state index in [1.807, 2.05) is 18.2 Å². The van der Waals surface area contributed by atoms with E-state index in [9.17, 15) is 0 Å². The number of aliphatic imine (C=N–C) groups is 1. The highest BCUT2D eigenvalue weighted by Gasteiger charge is 2.25. The Labute approximate surface area is 149 Å². The first kappa shape index (κ1) is 17.3. The first-order valence-electron chi connectivity index (χ1n) is 8.88. The molecule has 5 heteroatoms. The van der Waals surface area contributed by atoms with Crippen molar-refractivity contribution in [3.8, 4) is 5.88 Å². The molecule has 25 heavy (non-hydrogen) atoms. The van der Waals surface area contributed by atoms with E-state index >= 15 is 0 Å². The van der Waals surface area contributed by atoms with Crippen molar-refractivity contribution < 1.29 is 4.74 Å². The number of likely N-dealkylation sites (tertiary alicyclic amines) is 1. The SMILES string of the molecule is CCNC(=NCc1cccc(OC)n1)N1CCC(c2ccccc2)C1. The van der Waals surface area contributed by atoms with Gasteiger partial charge in [-0.15, -0.1) is 0 Å². The van der Waals surface area contributed by atoms with Crippen LogP contribution in [0.3, 0.4) is 0 Å². The van der Waals surface area contributed by atoms with E-state index in [2.05, 4.69) is 52.5 Å². The molecular formula is C20H26N4O. The molecule has 1 atom stereocenters. The molecule has 0 saturated carbocycles. The van der Waals surface area contributed by atoms with Gasteiger partial charge in [0.15, 0.2) is 5.96 Å². The van der Waals surface area contributed by atoms with Crippen molar-refractivity contribution in [2.24, 2.45) is 4.99 Å². The number of ether oxygens (including phenoxy) is 1. The maximum atomic E-state index is 5.19. The molecule has 1 aliphatic heterocycles. The van der Waals surface area contributed by atoms with Gasteiger partial charge in [0.2, 0.25) is 5.88 Å². The molecule has 0 amide bonds. The van der Waals surface area contributed by atoms with Crippen molar-refractivity contribution in [3.63, 3.8) is 0 Å². The summed E-state index contributed by atoms with van der Waals surface area (Å²) < 4.78 is 5.19. The molecule has 1 saturated heterocycles. The predicted molar refractivity (Wildman–Crippen MR) is 101 cm³/mol. The van der Waals surface area contributed by atoms with Gasteiger partial charge in [0.25, 0.3) is 0 Å². The van der Waals surface area contributed by atoms with Crippen LogP contribution in [0.15, 0.2) is 53.5 Å². The van der Waals surface area contributed by atoms with Crippen LogP contribution in [0.5, 0.6) is 5.88 Å². The van der Waals surface area contributed by atoms with Crippen molar-refractivity contribution in [2.45, 2.75) is 25.8 Å². The van der Waals surface area contributed by atoms with E-state index in [4.69, 9.17) is 9.73 Å². The molecule has 1 unspecified atom stereocenters. The summed E-state index contributed by atoms with van der Waals surface area (Å²) in [4.78, 5) is 11.6. The number of nitrogens with one attached hydrogen (secondary N) is 1. The summed E-state index contributed by atoms with van der Waals surface area (Å²) in [5, 5.41) is 3.41. The highest BCUT2D eigenvalue weighted by Crippen LogP contribution is 2.26. The molecule has 5 nitrogen and oxygen atoms in total. The maximum absolute atomic E-state index is 5.19. The lowest BCUT2D eigenvalue weighted by molar-refractivity contribution is 0.396. The average Bonchev–Trinajstić information content (AvgIpc) is 3.16. The molecule has 0 spiro atoms. The standard InChI is InChI=1S/C20H26N4O/c1-3-21-20(22-14-18-10-7-11-19(23-18)25-2)24-13-12-17(15-24)16-8-5-4-6-9-16/h4-11,17H,3,12-15H2,1-2H3,(H,21,22). The predicted octanol–water partition coefficient (Wildman–Crippen LogP) is 3.05. The Morgan fingerprint density at radius 1 is 1.24 bits per heavy atom. The van der Waals surface area contributed by atoms with Crippen molar-refractivity contribution in [1.82, 2.24) is 15.2 Å². The zero-order valence-electron chi connectivity index (χ0n) is 15.0. The van der Waals surface area contributed by atoms with E-state index in [-0.39, 0.29) is 0 Å². The Kier molecular flexibility index (Phi) is 5.88. The van der Waals surface area contributed by atoms with Gasteiger partial charge >= 0.3 is 0 Å². The minimum Gasteiger partial charge on any atom is -0.481 e. The second kappa shape index (κ2) is 8.51. The van der Waals surface area contributed by atoms with Crippen LogP contribution in [0.1, 0.15) is 30.5 Å². The van der Waals surface area contributed by atoms with Crippen LogP contribution < -0.4 is 10.1 Å². The highest BCUT2D eigenvalue weighted by atomic mass is 16.5. The fourth-order valence-corrected chi connectivity index (χ4v) is 3.19. The van der Waals surface area contributed by atoms with Gasteiger partial charge < -0.3 is 15.0 Å². The first-order valence-corrected chi connectivity index (χ1v) is 8.88. The van der Waals surface area contributed by atoms with E-state index in [0.29, 0.717) is 18.3 Å².